The standard InChI is InChI=1S/C29H38ClN5O8/c1-15(2)10-20-29-34-21(14-43-29)26(38)31-7-5-4-6-19(27(39)35-25(16(3)36)28(40)33-20)32-24(37)12-17-11-22-23(13-18(17)30)42-9-8-41-22/h11,13-16,19-20,25,36H,4-10,12H2,1-3H3,(H,31,38)(H,32,37)(H,33,40)(H,35,39)/t16-,19+,20+,25+/m1/s1. The number of nitrogens with zero attached hydrogens (tertiary/aromatic N) is 1. The molecule has 1 aromatic heterocycles. The van der Waals surface area contributed by atoms with Crippen LogP contribution in [0.3, 0.4) is 0 Å². The minimum absolute atomic E-state index is 0.0772. The average Bonchev–Trinajstić information content (AvgIpc) is 3.44. The lowest BCUT2D eigenvalue weighted by atomic mass is 10.0. The van der Waals surface area contributed by atoms with Crippen molar-refractivity contribution in [2.24, 2.45) is 5.92 Å². The first kappa shape index (κ1) is 32.1. The van der Waals surface area contributed by atoms with E-state index in [-0.39, 0.29) is 30.3 Å². The second-order valence-corrected chi connectivity index (χ2v) is 11.5. The van der Waals surface area contributed by atoms with Gasteiger partial charge in [-0.2, -0.15) is 0 Å². The lowest BCUT2D eigenvalue weighted by Crippen LogP contribution is -2.57. The summed E-state index contributed by atoms with van der Waals surface area (Å²) in [6.45, 7) is 6.35. The van der Waals surface area contributed by atoms with Gasteiger partial charge in [0.2, 0.25) is 23.6 Å². The zero-order valence-corrected chi connectivity index (χ0v) is 25.2. The number of ether oxygens (including phenoxy) is 2. The Morgan fingerprint density at radius 2 is 1.81 bits per heavy atom. The average molecular weight is 620 g/mol. The lowest BCUT2D eigenvalue weighted by Gasteiger charge is -2.27. The second-order valence-electron chi connectivity index (χ2n) is 11.1. The van der Waals surface area contributed by atoms with Crippen LogP contribution in [0.2, 0.25) is 5.02 Å². The monoisotopic (exact) mass is 619 g/mol. The van der Waals surface area contributed by atoms with E-state index in [4.69, 9.17) is 25.5 Å². The number of rotatable bonds is 6. The third-order valence-corrected chi connectivity index (χ3v) is 7.41. The predicted octanol–water partition coefficient (Wildman–Crippen LogP) is 1.81. The van der Waals surface area contributed by atoms with Crippen molar-refractivity contribution >= 4 is 35.2 Å². The van der Waals surface area contributed by atoms with Crippen LogP contribution in [0.25, 0.3) is 0 Å². The molecule has 2 aromatic rings. The largest absolute Gasteiger partial charge is 0.486 e. The summed E-state index contributed by atoms with van der Waals surface area (Å²) in [6, 6.07) is 0.143. The first-order valence-corrected chi connectivity index (χ1v) is 14.8. The number of carbonyl (C=O) groups is 4. The highest BCUT2D eigenvalue weighted by atomic mass is 35.5. The number of nitrogens with one attached hydrogen (secondary N) is 4. The molecule has 0 saturated heterocycles. The van der Waals surface area contributed by atoms with Gasteiger partial charge >= 0.3 is 0 Å². The summed E-state index contributed by atoms with van der Waals surface area (Å²) in [5.41, 5.74) is 0.569. The molecule has 4 atom stereocenters. The molecule has 5 N–H and O–H groups in total. The molecule has 0 radical (unpaired) electrons. The van der Waals surface area contributed by atoms with Gasteiger partial charge in [-0.3, -0.25) is 19.2 Å². The number of carbonyl (C=O) groups excluding carboxylic acids is 4. The third kappa shape index (κ3) is 8.60. The van der Waals surface area contributed by atoms with E-state index in [0.29, 0.717) is 61.1 Å². The summed E-state index contributed by atoms with van der Waals surface area (Å²) in [7, 11) is 0. The molecule has 2 bridgehead atoms. The minimum atomic E-state index is -1.33. The zero-order valence-electron chi connectivity index (χ0n) is 24.4. The molecule has 13 nitrogen and oxygen atoms in total. The summed E-state index contributed by atoms with van der Waals surface area (Å²) in [4.78, 5) is 56.8. The molecule has 14 heteroatoms. The van der Waals surface area contributed by atoms with E-state index in [1.54, 1.807) is 12.1 Å². The highest BCUT2D eigenvalue weighted by molar-refractivity contribution is 6.31. The number of hydrogen-bond acceptors (Lipinski definition) is 9. The van der Waals surface area contributed by atoms with Crippen molar-refractivity contribution in [3.63, 3.8) is 0 Å². The van der Waals surface area contributed by atoms with E-state index >= 15 is 0 Å². The van der Waals surface area contributed by atoms with Gasteiger partial charge in [0.05, 0.1) is 12.5 Å². The topological polar surface area (TPSA) is 181 Å². The van der Waals surface area contributed by atoms with Crippen molar-refractivity contribution in [3.05, 3.63) is 40.6 Å². The molecule has 43 heavy (non-hydrogen) atoms. The van der Waals surface area contributed by atoms with Crippen molar-refractivity contribution in [2.75, 3.05) is 19.8 Å². The van der Waals surface area contributed by atoms with Gasteiger partial charge in [-0.15, -0.1) is 0 Å². The van der Waals surface area contributed by atoms with E-state index in [2.05, 4.69) is 26.3 Å². The van der Waals surface area contributed by atoms with Crippen LogP contribution in [0, 0.1) is 5.92 Å². The van der Waals surface area contributed by atoms with Gasteiger partial charge in [-0.25, -0.2) is 4.98 Å². The van der Waals surface area contributed by atoms with Gasteiger partial charge < -0.3 is 40.3 Å². The van der Waals surface area contributed by atoms with Crippen LogP contribution in [0.1, 0.15) is 74.4 Å². The fraction of sp³-hybridized carbons (Fsp3) is 0.552. The summed E-state index contributed by atoms with van der Waals surface area (Å²) in [5.74, 6) is -1.00. The van der Waals surface area contributed by atoms with Crippen molar-refractivity contribution in [1.82, 2.24) is 26.3 Å². The van der Waals surface area contributed by atoms with Crippen molar-refractivity contribution in [2.45, 2.75) is 77.1 Å². The van der Waals surface area contributed by atoms with Crippen molar-refractivity contribution in [1.29, 1.82) is 0 Å². The third-order valence-electron chi connectivity index (χ3n) is 7.06. The van der Waals surface area contributed by atoms with Crippen LogP contribution >= 0.6 is 11.6 Å². The fourth-order valence-corrected chi connectivity index (χ4v) is 5.08. The Bertz CT molecular complexity index is 1330. The molecular weight excluding hydrogens is 582 g/mol. The van der Waals surface area contributed by atoms with Gasteiger partial charge in [0.1, 0.15) is 37.6 Å². The van der Waals surface area contributed by atoms with E-state index < -0.39 is 47.9 Å². The lowest BCUT2D eigenvalue weighted by molar-refractivity contribution is -0.134. The van der Waals surface area contributed by atoms with Crippen LogP contribution in [0.5, 0.6) is 11.5 Å². The Morgan fingerprint density at radius 1 is 1.09 bits per heavy atom. The van der Waals surface area contributed by atoms with Crippen LogP contribution < -0.4 is 30.7 Å². The normalized spacial score (nSPS) is 22.3. The number of benzene rings is 1. The minimum Gasteiger partial charge on any atom is -0.486 e. The molecule has 1 aromatic carbocycles. The molecule has 0 saturated carbocycles. The van der Waals surface area contributed by atoms with Gasteiger partial charge in [-0.05, 0) is 50.2 Å². The highest BCUT2D eigenvalue weighted by Crippen LogP contribution is 2.35. The summed E-state index contributed by atoms with van der Waals surface area (Å²) >= 11 is 6.38. The maximum Gasteiger partial charge on any atom is 0.273 e. The molecule has 0 spiro atoms. The van der Waals surface area contributed by atoms with Gasteiger partial charge in [0.25, 0.3) is 5.91 Å². The van der Waals surface area contributed by atoms with Crippen molar-refractivity contribution < 1.29 is 38.2 Å². The maximum absolute atomic E-state index is 13.4. The predicted molar refractivity (Wildman–Crippen MR) is 155 cm³/mol. The molecule has 0 fully saturated rings. The molecule has 2 aliphatic rings. The van der Waals surface area contributed by atoms with E-state index in [1.807, 2.05) is 13.8 Å². The van der Waals surface area contributed by atoms with Crippen molar-refractivity contribution in [3.8, 4) is 11.5 Å². The molecular formula is C29H38ClN5O8. The van der Waals surface area contributed by atoms with E-state index in [1.165, 1.54) is 13.2 Å². The SMILES string of the molecule is CC(C)C[C@@H]1NC(=O)[C@H]([C@@H](C)O)NC(=O)[C@@H](NC(=O)Cc2cc3c(cc2Cl)OCCO3)CCCCNC(=O)c2coc1n2. The Kier molecular flexibility index (Phi) is 10.9. The number of amides is 4. The number of halogens is 1. The molecule has 0 unspecified atom stereocenters. The first-order chi connectivity index (χ1) is 20.5. The number of hydrogen-bond donors (Lipinski definition) is 5. The number of aromatic nitrogens is 1. The Balaban J connectivity index is 1.52. The van der Waals surface area contributed by atoms with Gasteiger partial charge in [0.15, 0.2) is 17.2 Å². The van der Waals surface area contributed by atoms with E-state index in [0.717, 1.165) is 0 Å². The smallest absolute Gasteiger partial charge is 0.273 e. The second kappa shape index (κ2) is 14.6. The van der Waals surface area contributed by atoms with Gasteiger partial charge in [0, 0.05) is 17.6 Å². The van der Waals surface area contributed by atoms with Crippen LogP contribution in [0.15, 0.2) is 22.8 Å². The molecule has 4 rings (SSSR count). The highest BCUT2D eigenvalue weighted by Gasteiger charge is 2.33. The number of oxazole rings is 1. The summed E-state index contributed by atoms with van der Waals surface area (Å²) in [5, 5.41) is 21.7. The van der Waals surface area contributed by atoms with Crippen LogP contribution in [-0.4, -0.2) is 71.7 Å². The molecule has 0 aliphatic carbocycles. The fourth-order valence-electron chi connectivity index (χ4n) is 4.86. The molecule has 2 aliphatic heterocycles. The Labute approximate surface area is 254 Å². The Hall–Kier alpha value is -3.84. The molecule has 3 heterocycles. The van der Waals surface area contributed by atoms with Crippen LogP contribution in [-0.2, 0) is 20.8 Å². The number of aliphatic hydroxyl groups excluding tert-OH is 1. The first-order valence-electron chi connectivity index (χ1n) is 14.4. The molecule has 234 valence electrons. The van der Waals surface area contributed by atoms with Gasteiger partial charge in [-0.1, -0.05) is 25.4 Å². The number of aliphatic hydroxyl groups is 1. The quantitative estimate of drug-likeness (QED) is 0.322. The van der Waals surface area contributed by atoms with Crippen LogP contribution in [0.4, 0.5) is 0 Å². The molecule has 4 amide bonds. The maximum atomic E-state index is 13.4. The number of fused-ring (bicyclic) bond motifs is 3. The van der Waals surface area contributed by atoms with E-state index in [9.17, 15) is 24.3 Å². The Morgan fingerprint density at radius 3 is 2.51 bits per heavy atom. The zero-order chi connectivity index (χ0) is 31.1. The summed E-state index contributed by atoms with van der Waals surface area (Å²) in [6.07, 6.45) is 1.42. The summed E-state index contributed by atoms with van der Waals surface area (Å²) < 4.78 is 16.6.